The minimum atomic E-state index is 0.920. The normalized spacial score (nSPS) is 10.3. The van der Waals surface area contributed by atoms with Crippen LogP contribution in [0.3, 0.4) is 0 Å². The first kappa shape index (κ1) is 7.09. The van der Waals surface area contributed by atoms with E-state index in [4.69, 9.17) is 0 Å². The summed E-state index contributed by atoms with van der Waals surface area (Å²) in [5.41, 5.74) is 0. The highest BCUT2D eigenvalue weighted by molar-refractivity contribution is 4.87. The van der Waals surface area contributed by atoms with Crippen LogP contribution in [0.25, 0.3) is 0 Å². The zero-order valence-corrected chi connectivity index (χ0v) is 6.64. The fraction of sp³-hybridized carbons (Fsp3) is 0.250. The lowest BCUT2D eigenvalue weighted by Crippen LogP contribution is -1.99. The van der Waals surface area contributed by atoms with Gasteiger partial charge in [0.1, 0.15) is 5.82 Å². The van der Waals surface area contributed by atoms with Gasteiger partial charge < -0.3 is 9.55 Å². The SMILES string of the molecule is c1cn(CCc2ncc[nH]2)cn1. The molecule has 0 atom stereocenters. The van der Waals surface area contributed by atoms with Gasteiger partial charge in [-0.1, -0.05) is 0 Å². The number of H-pyrrole nitrogens is 1. The minimum absolute atomic E-state index is 0.920. The second-order valence-corrected chi connectivity index (χ2v) is 2.59. The first-order chi connectivity index (χ1) is 5.95. The molecule has 0 spiro atoms. The highest BCUT2D eigenvalue weighted by atomic mass is 15.0. The zero-order valence-electron chi connectivity index (χ0n) is 6.64. The lowest BCUT2D eigenvalue weighted by atomic mass is 10.4. The lowest BCUT2D eigenvalue weighted by molar-refractivity contribution is 0.676. The Morgan fingerprint density at radius 1 is 1.42 bits per heavy atom. The predicted molar refractivity (Wildman–Crippen MR) is 44.5 cm³/mol. The van der Waals surface area contributed by atoms with Gasteiger partial charge in [0.05, 0.1) is 6.33 Å². The summed E-state index contributed by atoms with van der Waals surface area (Å²) in [6.45, 7) is 0.924. The van der Waals surface area contributed by atoms with E-state index in [1.165, 1.54) is 0 Å². The average Bonchev–Trinajstić information content (AvgIpc) is 2.74. The Kier molecular flexibility index (Phi) is 1.90. The molecule has 2 heterocycles. The summed E-state index contributed by atoms with van der Waals surface area (Å²) >= 11 is 0. The number of aryl methyl sites for hydroxylation is 2. The topological polar surface area (TPSA) is 46.5 Å². The van der Waals surface area contributed by atoms with E-state index in [1.54, 1.807) is 12.4 Å². The van der Waals surface area contributed by atoms with Crippen LogP contribution in [-0.4, -0.2) is 19.5 Å². The molecule has 2 rings (SSSR count). The van der Waals surface area contributed by atoms with Crippen molar-refractivity contribution in [3.05, 3.63) is 36.9 Å². The van der Waals surface area contributed by atoms with Crippen LogP contribution >= 0.6 is 0 Å². The largest absolute Gasteiger partial charge is 0.349 e. The van der Waals surface area contributed by atoms with Crippen LogP contribution in [0.1, 0.15) is 5.82 Å². The summed E-state index contributed by atoms with van der Waals surface area (Å²) < 4.78 is 2.03. The maximum atomic E-state index is 4.13. The van der Waals surface area contributed by atoms with Crippen LogP contribution < -0.4 is 0 Å². The Hall–Kier alpha value is -1.58. The molecule has 0 aliphatic rings. The molecule has 0 saturated heterocycles. The highest BCUT2D eigenvalue weighted by Gasteiger charge is 1.94. The molecule has 0 saturated carbocycles. The quantitative estimate of drug-likeness (QED) is 0.727. The van der Waals surface area contributed by atoms with Crippen molar-refractivity contribution < 1.29 is 0 Å². The molecular weight excluding hydrogens is 152 g/mol. The molecule has 12 heavy (non-hydrogen) atoms. The van der Waals surface area contributed by atoms with Crippen molar-refractivity contribution in [2.75, 3.05) is 0 Å². The van der Waals surface area contributed by atoms with Crippen molar-refractivity contribution in [1.82, 2.24) is 19.5 Å². The second-order valence-electron chi connectivity index (χ2n) is 2.59. The lowest BCUT2D eigenvalue weighted by Gasteiger charge is -1.97. The first-order valence-electron chi connectivity index (χ1n) is 3.89. The van der Waals surface area contributed by atoms with E-state index in [2.05, 4.69) is 15.0 Å². The van der Waals surface area contributed by atoms with Crippen LogP contribution in [-0.2, 0) is 13.0 Å². The molecule has 0 radical (unpaired) electrons. The smallest absolute Gasteiger partial charge is 0.107 e. The van der Waals surface area contributed by atoms with E-state index in [0.717, 1.165) is 18.8 Å². The van der Waals surface area contributed by atoms with Gasteiger partial charge in [-0.2, -0.15) is 0 Å². The molecule has 0 aliphatic carbocycles. The van der Waals surface area contributed by atoms with E-state index in [9.17, 15) is 0 Å². The molecule has 2 aromatic heterocycles. The van der Waals surface area contributed by atoms with E-state index in [1.807, 2.05) is 23.3 Å². The summed E-state index contributed by atoms with van der Waals surface area (Å²) in [4.78, 5) is 11.1. The van der Waals surface area contributed by atoms with Crippen molar-refractivity contribution >= 4 is 0 Å². The third-order valence-corrected chi connectivity index (χ3v) is 1.72. The summed E-state index contributed by atoms with van der Waals surface area (Å²) in [7, 11) is 0. The van der Waals surface area contributed by atoms with Gasteiger partial charge in [0.25, 0.3) is 0 Å². The van der Waals surface area contributed by atoms with Crippen molar-refractivity contribution in [2.24, 2.45) is 0 Å². The van der Waals surface area contributed by atoms with Gasteiger partial charge in [-0.3, -0.25) is 0 Å². The Morgan fingerprint density at radius 3 is 3.08 bits per heavy atom. The van der Waals surface area contributed by atoms with Gasteiger partial charge in [-0.05, 0) is 0 Å². The summed E-state index contributed by atoms with van der Waals surface area (Å²) in [6, 6.07) is 0. The monoisotopic (exact) mass is 162 g/mol. The van der Waals surface area contributed by atoms with Crippen LogP contribution in [0.4, 0.5) is 0 Å². The van der Waals surface area contributed by atoms with Gasteiger partial charge in [0.2, 0.25) is 0 Å². The van der Waals surface area contributed by atoms with E-state index in [0.29, 0.717) is 0 Å². The molecule has 0 amide bonds. The van der Waals surface area contributed by atoms with E-state index in [-0.39, 0.29) is 0 Å². The fourth-order valence-corrected chi connectivity index (χ4v) is 1.09. The number of hydrogen-bond donors (Lipinski definition) is 1. The molecule has 4 heteroatoms. The Balaban J connectivity index is 1.91. The van der Waals surface area contributed by atoms with Crippen molar-refractivity contribution in [3.63, 3.8) is 0 Å². The Morgan fingerprint density at radius 2 is 2.42 bits per heavy atom. The predicted octanol–water partition coefficient (Wildman–Crippen LogP) is 0.849. The average molecular weight is 162 g/mol. The number of nitrogens with zero attached hydrogens (tertiary/aromatic N) is 3. The summed E-state index contributed by atoms with van der Waals surface area (Å²) in [6.07, 6.45) is 10.1. The van der Waals surface area contributed by atoms with Gasteiger partial charge in [0.15, 0.2) is 0 Å². The number of imidazole rings is 2. The van der Waals surface area contributed by atoms with Crippen molar-refractivity contribution in [2.45, 2.75) is 13.0 Å². The van der Waals surface area contributed by atoms with Crippen LogP contribution in [0, 0.1) is 0 Å². The maximum Gasteiger partial charge on any atom is 0.107 e. The third-order valence-electron chi connectivity index (χ3n) is 1.72. The number of hydrogen-bond acceptors (Lipinski definition) is 2. The summed E-state index contributed by atoms with van der Waals surface area (Å²) in [5.74, 6) is 1.02. The number of aromatic amines is 1. The van der Waals surface area contributed by atoms with Crippen molar-refractivity contribution in [3.8, 4) is 0 Å². The molecule has 0 unspecified atom stereocenters. The number of aromatic nitrogens is 4. The molecule has 4 nitrogen and oxygen atoms in total. The van der Waals surface area contributed by atoms with Crippen molar-refractivity contribution in [1.29, 1.82) is 0 Å². The van der Waals surface area contributed by atoms with E-state index < -0.39 is 0 Å². The number of rotatable bonds is 3. The van der Waals surface area contributed by atoms with Gasteiger partial charge >= 0.3 is 0 Å². The molecule has 62 valence electrons. The standard InChI is InChI=1S/C8H10N4/c1(8-10-2-3-11-8)5-12-6-4-9-7-12/h2-4,6-7H,1,5H2,(H,10,11). The van der Waals surface area contributed by atoms with Gasteiger partial charge in [-0.25, -0.2) is 9.97 Å². The van der Waals surface area contributed by atoms with Gasteiger partial charge in [-0.15, -0.1) is 0 Å². The molecule has 2 aromatic rings. The Bertz CT molecular complexity index is 274. The number of nitrogens with one attached hydrogen (secondary N) is 1. The highest BCUT2D eigenvalue weighted by Crippen LogP contribution is 1.94. The molecular formula is C8H10N4. The summed E-state index contributed by atoms with van der Waals surface area (Å²) in [5, 5.41) is 0. The second kappa shape index (κ2) is 3.21. The fourth-order valence-electron chi connectivity index (χ4n) is 1.09. The van der Waals surface area contributed by atoms with E-state index >= 15 is 0 Å². The molecule has 0 fully saturated rings. The zero-order chi connectivity index (χ0) is 8.23. The third kappa shape index (κ3) is 1.53. The molecule has 0 aromatic carbocycles. The van der Waals surface area contributed by atoms with Crippen LogP contribution in [0.5, 0.6) is 0 Å². The Labute approximate surface area is 70.3 Å². The first-order valence-corrected chi connectivity index (χ1v) is 3.89. The molecule has 0 bridgehead atoms. The van der Waals surface area contributed by atoms with Crippen LogP contribution in [0.2, 0.25) is 0 Å². The van der Waals surface area contributed by atoms with Crippen LogP contribution in [0.15, 0.2) is 31.1 Å². The minimum Gasteiger partial charge on any atom is -0.349 e. The maximum absolute atomic E-state index is 4.13. The molecule has 0 aliphatic heterocycles. The van der Waals surface area contributed by atoms with Gasteiger partial charge in [0, 0.05) is 37.8 Å². The molecule has 1 N–H and O–H groups in total.